The van der Waals surface area contributed by atoms with Crippen LogP contribution < -0.4 is 10.1 Å². The van der Waals surface area contributed by atoms with Gasteiger partial charge in [0.25, 0.3) is 11.8 Å². The average Bonchev–Trinajstić information content (AvgIpc) is 2.75. The largest absolute Gasteiger partial charge is 0.496 e. The van der Waals surface area contributed by atoms with E-state index < -0.39 is 18.5 Å². The highest BCUT2D eigenvalue weighted by molar-refractivity contribution is 5.98. The van der Waals surface area contributed by atoms with Crippen molar-refractivity contribution in [2.75, 3.05) is 27.3 Å². The standard InChI is InChI=1S/C21H24N2O5/c1-15(16-9-5-4-6-10-16)23(2)19(24)14-28-20(25)13-22-21(26)17-11-7-8-12-18(17)27-3/h4-12,15H,13-14H2,1-3H3,(H,22,26). The maximum Gasteiger partial charge on any atom is 0.325 e. The van der Waals surface area contributed by atoms with Crippen LogP contribution in [0.3, 0.4) is 0 Å². The third kappa shape index (κ3) is 5.57. The molecule has 2 amide bonds. The van der Waals surface area contributed by atoms with Crippen LogP contribution in [0.4, 0.5) is 0 Å². The molecule has 28 heavy (non-hydrogen) atoms. The fourth-order valence-corrected chi connectivity index (χ4v) is 2.55. The minimum Gasteiger partial charge on any atom is -0.496 e. The molecule has 0 fully saturated rings. The maximum absolute atomic E-state index is 12.3. The Morgan fingerprint density at radius 3 is 2.36 bits per heavy atom. The van der Waals surface area contributed by atoms with Gasteiger partial charge < -0.3 is 19.7 Å². The summed E-state index contributed by atoms with van der Waals surface area (Å²) in [6.45, 7) is 1.15. The molecule has 0 spiro atoms. The van der Waals surface area contributed by atoms with E-state index in [1.165, 1.54) is 12.0 Å². The van der Waals surface area contributed by atoms with E-state index in [1.807, 2.05) is 37.3 Å². The monoisotopic (exact) mass is 384 g/mol. The lowest BCUT2D eigenvalue weighted by Crippen LogP contribution is -2.36. The summed E-state index contributed by atoms with van der Waals surface area (Å²) in [6, 6.07) is 16.1. The van der Waals surface area contributed by atoms with Crippen LogP contribution >= 0.6 is 0 Å². The predicted molar refractivity (Wildman–Crippen MR) is 104 cm³/mol. The smallest absolute Gasteiger partial charge is 0.325 e. The molecule has 2 aromatic carbocycles. The lowest BCUT2D eigenvalue weighted by atomic mass is 10.1. The zero-order chi connectivity index (χ0) is 20.5. The lowest BCUT2D eigenvalue weighted by molar-refractivity contribution is -0.151. The zero-order valence-electron chi connectivity index (χ0n) is 16.2. The van der Waals surface area contributed by atoms with Crippen molar-refractivity contribution in [2.45, 2.75) is 13.0 Å². The Balaban J connectivity index is 1.80. The van der Waals surface area contributed by atoms with Crippen LogP contribution in [-0.4, -0.2) is 50.0 Å². The molecule has 0 saturated heterocycles. The second kappa shape index (κ2) is 10.1. The van der Waals surface area contributed by atoms with Crippen LogP contribution in [0.1, 0.15) is 28.9 Å². The van der Waals surface area contributed by atoms with Crippen molar-refractivity contribution in [2.24, 2.45) is 0 Å². The third-order valence-corrected chi connectivity index (χ3v) is 4.36. The molecular formula is C21H24N2O5. The Labute approximate surface area is 164 Å². The van der Waals surface area contributed by atoms with Crippen LogP contribution in [0, 0.1) is 0 Å². The Morgan fingerprint density at radius 1 is 1.04 bits per heavy atom. The molecule has 2 aromatic rings. The summed E-state index contributed by atoms with van der Waals surface area (Å²) >= 11 is 0. The van der Waals surface area contributed by atoms with Crippen LogP contribution in [0.5, 0.6) is 5.75 Å². The number of likely N-dealkylation sites (N-methyl/N-ethyl adjacent to an activating group) is 1. The summed E-state index contributed by atoms with van der Waals surface area (Å²) in [5.74, 6) is -1.09. The number of carbonyl (C=O) groups excluding carboxylic acids is 3. The number of nitrogens with one attached hydrogen (secondary N) is 1. The highest BCUT2D eigenvalue weighted by atomic mass is 16.5. The topological polar surface area (TPSA) is 84.9 Å². The number of rotatable bonds is 8. The van der Waals surface area contributed by atoms with E-state index >= 15 is 0 Å². The highest BCUT2D eigenvalue weighted by Crippen LogP contribution is 2.18. The fourth-order valence-electron chi connectivity index (χ4n) is 2.55. The molecule has 0 aliphatic rings. The van der Waals surface area contributed by atoms with Crippen LogP contribution in [0.2, 0.25) is 0 Å². The first-order valence-corrected chi connectivity index (χ1v) is 8.81. The number of benzene rings is 2. The molecule has 0 aliphatic heterocycles. The molecule has 1 unspecified atom stereocenters. The van der Waals surface area contributed by atoms with Crippen LogP contribution in [-0.2, 0) is 14.3 Å². The van der Waals surface area contributed by atoms with E-state index in [0.717, 1.165) is 5.56 Å². The van der Waals surface area contributed by atoms with Crippen molar-refractivity contribution in [3.8, 4) is 5.75 Å². The van der Waals surface area contributed by atoms with Gasteiger partial charge in [0.05, 0.1) is 18.7 Å². The molecule has 148 valence electrons. The molecule has 0 radical (unpaired) electrons. The van der Waals surface area contributed by atoms with Gasteiger partial charge in [-0.05, 0) is 24.6 Å². The van der Waals surface area contributed by atoms with E-state index in [2.05, 4.69) is 5.32 Å². The van der Waals surface area contributed by atoms with Gasteiger partial charge in [0, 0.05) is 7.05 Å². The molecule has 0 aliphatic carbocycles. The van der Waals surface area contributed by atoms with E-state index in [0.29, 0.717) is 11.3 Å². The van der Waals surface area contributed by atoms with E-state index in [9.17, 15) is 14.4 Å². The van der Waals surface area contributed by atoms with E-state index in [-0.39, 0.29) is 18.5 Å². The molecule has 0 heterocycles. The Bertz CT molecular complexity index is 823. The maximum atomic E-state index is 12.3. The summed E-state index contributed by atoms with van der Waals surface area (Å²) < 4.78 is 10.1. The molecule has 0 saturated carbocycles. The summed E-state index contributed by atoms with van der Waals surface area (Å²) in [6.07, 6.45) is 0. The van der Waals surface area contributed by atoms with Crippen molar-refractivity contribution < 1.29 is 23.9 Å². The summed E-state index contributed by atoms with van der Waals surface area (Å²) in [5, 5.41) is 2.46. The van der Waals surface area contributed by atoms with E-state index in [4.69, 9.17) is 9.47 Å². The fraction of sp³-hybridized carbons (Fsp3) is 0.286. The molecule has 1 atom stereocenters. The molecular weight excluding hydrogens is 360 g/mol. The number of hydrogen-bond donors (Lipinski definition) is 1. The number of ether oxygens (including phenoxy) is 2. The average molecular weight is 384 g/mol. The van der Waals surface area contributed by atoms with Crippen molar-refractivity contribution in [1.82, 2.24) is 10.2 Å². The number of esters is 1. The van der Waals surface area contributed by atoms with Gasteiger partial charge in [-0.25, -0.2) is 0 Å². The number of nitrogens with zero attached hydrogens (tertiary/aromatic N) is 1. The first-order chi connectivity index (χ1) is 13.4. The van der Waals surface area contributed by atoms with Gasteiger partial charge in [-0.15, -0.1) is 0 Å². The lowest BCUT2D eigenvalue weighted by Gasteiger charge is -2.25. The number of para-hydroxylation sites is 1. The second-order valence-corrected chi connectivity index (χ2v) is 6.13. The van der Waals surface area contributed by atoms with Gasteiger partial charge in [-0.3, -0.25) is 14.4 Å². The first kappa shape index (κ1) is 21.0. The van der Waals surface area contributed by atoms with Crippen molar-refractivity contribution >= 4 is 17.8 Å². The quantitative estimate of drug-likeness (QED) is 0.705. The number of hydrogen-bond acceptors (Lipinski definition) is 5. The molecule has 2 rings (SSSR count). The molecule has 0 aromatic heterocycles. The minimum absolute atomic E-state index is 0.155. The minimum atomic E-state index is -0.697. The summed E-state index contributed by atoms with van der Waals surface area (Å²) in [4.78, 5) is 37.8. The Morgan fingerprint density at radius 2 is 1.68 bits per heavy atom. The number of methoxy groups -OCH3 is 1. The number of carbonyl (C=O) groups is 3. The number of amides is 2. The van der Waals surface area contributed by atoms with Gasteiger partial charge in [0.1, 0.15) is 12.3 Å². The molecule has 7 heteroatoms. The SMILES string of the molecule is COc1ccccc1C(=O)NCC(=O)OCC(=O)N(C)C(C)c1ccccc1. The predicted octanol–water partition coefficient (Wildman–Crippen LogP) is 2.19. The van der Waals surface area contributed by atoms with Crippen molar-refractivity contribution in [1.29, 1.82) is 0 Å². The highest BCUT2D eigenvalue weighted by Gasteiger charge is 2.19. The van der Waals surface area contributed by atoms with E-state index in [1.54, 1.807) is 31.3 Å². The van der Waals surface area contributed by atoms with Gasteiger partial charge in [-0.1, -0.05) is 42.5 Å². The second-order valence-electron chi connectivity index (χ2n) is 6.13. The summed E-state index contributed by atoms with van der Waals surface area (Å²) in [7, 11) is 3.11. The normalized spacial score (nSPS) is 11.2. The Kier molecular flexibility index (Phi) is 7.56. The molecule has 1 N–H and O–H groups in total. The third-order valence-electron chi connectivity index (χ3n) is 4.36. The van der Waals surface area contributed by atoms with Gasteiger partial charge in [-0.2, -0.15) is 0 Å². The van der Waals surface area contributed by atoms with Gasteiger partial charge in [0.15, 0.2) is 6.61 Å². The van der Waals surface area contributed by atoms with Crippen LogP contribution in [0.25, 0.3) is 0 Å². The Hall–Kier alpha value is -3.35. The molecule has 7 nitrogen and oxygen atoms in total. The van der Waals surface area contributed by atoms with Crippen molar-refractivity contribution in [3.63, 3.8) is 0 Å². The molecule has 0 bridgehead atoms. The van der Waals surface area contributed by atoms with Gasteiger partial charge >= 0.3 is 5.97 Å². The van der Waals surface area contributed by atoms with Gasteiger partial charge in [0.2, 0.25) is 0 Å². The first-order valence-electron chi connectivity index (χ1n) is 8.81. The zero-order valence-corrected chi connectivity index (χ0v) is 16.2. The van der Waals surface area contributed by atoms with Crippen molar-refractivity contribution in [3.05, 3.63) is 65.7 Å². The summed E-state index contributed by atoms with van der Waals surface area (Å²) in [5.41, 5.74) is 1.29. The van der Waals surface area contributed by atoms with Crippen LogP contribution in [0.15, 0.2) is 54.6 Å².